The monoisotopic (exact) mass is 323 g/mol. The first-order valence-electron chi connectivity index (χ1n) is 6.81. The summed E-state index contributed by atoms with van der Waals surface area (Å²) >= 11 is 1.30. The number of anilines is 1. The van der Waals surface area contributed by atoms with Crippen LogP contribution in [0.25, 0.3) is 0 Å². The van der Waals surface area contributed by atoms with Crippen LogP contribution in [0.1, 0.15) is 12.5 Å². The summed E-state index contributed by atoms with van der Waals surface area (Å²) < 4.78 is 14.4. The maximum absolute atomic E-state index is 12.8. The molecule has 0 spiro atoms. The lowest BCUT2D eigenvalue weighted by atomic mass is 10.1. The summed E-state index contributed by atoms with van der Waals surface area (Å²) in [6.07, 6.45) is 0.653. The Kier molecular flexibility index (Phi) is 5.37. The Morgan fingerprint density at radius 3 is 2.68 bits per heavy atom. The lowest BCUT2D eigenvalue weighted by Crippen LogP contribution is -2.32. The van der Waals surface area contributed by atoms with Crippen molar-refractivity contribution in [3.63, 3.8) is 0 Å². The summed E-state index contributed by atoms with van der Waals surface area (Å²) in [6, 6.07) is 6.24. The highest BCUT2D eigenvalue weighted by Gasteiger charge is 2.17. The number of benzene rings is 1. The number of nitrogens with zero attached hydrogens (tertiary/aromatic N) is 3. The quantitative estimate of drug-likeness (QED) is 0.784. The average Bonchev–Trinajstić information content (AvgIpc) is 2.81. The summed E-state index contributed by atoms with van der Waals surface area (Å²) in [5.41, 5.74) is 6.57. The minimum absolute atomic E-state index is 0.0892. The van der Waals surface area contributed by atoms with Gasteiger partial charge in [-0.3, -0.25) is 9.36 Å². The predicted octanol–water partition coefficient (Wildman–Crippen LogP) is 1.38. The van der Waals surface area contributed by atoms with Crippen LogP contribution in [-0.4, -0.2) is 32.5 Å². The van der Waals surface area contributed by atoms with Crippen LogP contribution in [0.2, 0.25) is 0 Å². The molecule has 1 amide bonds. The lowest BCUT2D eigenvalue weighted by molar-refractivity contribution is -0.120. The van der Waals surface area contributed by atoms with Gasteiger partial charge in [0.2, 0.25) is 11.9 Å². The molecule has 1 atom stereocenters. The predicted molar refractivity (Wildman–Crippen MR) is 83.8 cm³/mol. The molecule has 0 aliphatic rings. The van der Waals surface area contributed by atoms with Crippen LogP contribution < -0.4 is 11.1 Å². The first-order chi connectivity index (χ1) is 10.5. The standard InChI is InChI=1S/C14H18FN5OS/c1-9(22-14-19-18-13(16)20(14)2)12(21)17-8-7-10-3-5-11(15)6-4-10/h3-6,9H,7-8H2,1-2H3,(H2,16,18)(H,17,21)/t9-/m1/s1. The summed E-state index contributed by atoms with van der Waals surface area (Å²) in [5.74, 6) is -0.0409. The third-order valence-corrected chi connectivity index (χ3v) is 4.28. The van der Waals surface area contributed by atoms with Crippen molar-refractivity contribution in [2.24, 2.45) is 7.05 Å². The largest absolute Gasteiger partial charge is 0.368 e. The summed E-state index contributed by atoms with van der Waals surface area (Å²) in [5, 5.41) is 10.8. The topological polar surface area (TPSA) is 85.8 Å². The zero-order valence-electron chi connectivity index (χ0n) is 12.4. The van der Waals surface area contributed by atoms with E-state index in [2.05, 4.69) is 15.5 Å². The SMILES string of the molecule is C[C@@H](Sc1nnc(N)n1C)C(=O)NCCc1ccc(F)cc1. The number of hydrogen-bond acceptors (Lipinski definition) is 5. The molecule has 0 aliphatic heterocycles. The van der Waals surface area contributed by atoms with Crippen molar-refractivity contribution in [2.45, 2.75) is 23.8 Å². The smallest absolute Gasteiger partial charge is 0.233 e. The third-order valence-electron chi connectivity index (χ3n) is 3.15. The molecule has 6 nitrogen and oxygen atoms in total. The van der Waals surface area contributed by atoms with Gasteiger partial charge in [-0.2, -0.15) is 0 Å². The van der Waals surface area contributed by atoms with Gasteiger partial charge in [0.15, 0.2) is 5.16 Å². The molecule has 118 valence electrons. The highest BCUT2D eigenvalue weighted by atomic mass is 32.2. The van der Waals surface area contributed by atoms with E-state index in [1.807, 2.05) is 0 Å². The Labute approximate surface area is 132 Å². The van der Waals surface area contributed by atoms with Crippen molar-refractivity contribution in [3.8, 4) is 0 Å². The fraction of sp³-hybridized carbons (Fsp3) is 0.357. The number of rotatable bonds is 6. The molecule has 0 aliphatic carbocycles. The first-order valence-corrected chi connectivity index (χ1v) is 7.69. The van der Waals surface area contributed by atoms with E-state index < -0.39 is 0 Å². The second kappa shape index (κ2) is 7.26. The third kappa shape index (κ3) is 4.20. The van der Waals surface area contributed by atoms with E-state index in [1.165, 1.54) is 23.9 Å². The number of carbonyl (C=O) groups excluding carboxylic acids is 1. The van der Waals surface area contributed by atoms with Crippen LogP contribution in [0.15, 0.2) is 29.4 Å². The Morgan fingerprint density at radius 1 is 1.41 bits per heavy atom. The molecule has 0 saturated carbocycles. The Balaban J connectivity index is 1.79. The summed E-state index contributed by atoms with van der Waals surface area (Å²) in [7, 11) is 1.75. The van der Waals surface area contributed by atoms with Crippen LogP contribution in [0, 0.1) is 5.82 Å². The second-order valence-corrected chi connectivity index (χ2v) is 6.14. The minimum Gasteiger partial charge on any atom is -0.368 e. The van der Waals surface area contributed by atoms with Crippen LogP contribution in [0.3, 0.4) is 0 Å². The number of nitrogens with one attached hydrogen (secondary N) is 1. The second-order valence-electron chi connectivity index (χ2n) is 4.83. The fourth-order valence-corrected chi connectivity index (χ4v) is 2.61. The van der Waals surface area contributed by atoms with Crippen molar-refractivity contribution in [1.29, 1.82) is 0 Å². The van der Waals surface area contributed by atoms with Gasteiger partial charge in [-0.25, -0.2) is 4.39 Å². The van der Waals surface area contributed by atoms with E-state index in [0.29, 0.717) is 24.1 Å². The number of aromatic nitrogens is 3. The number of nitrogens with two attached hydrogens (primary N) is 1. The van der Waals surface area contributed by atoms with E-state index in [-0.39, 0.29) is 17.0 Å². The molecule has 0 unspecified atom stereocenters. The van der Waals surface area contributed by atoms with E-state index in [1.54, 1.807) is 30.7 Å². The van der Waals surface area contributed by atoms with Crippen LogP contribution in [0.5, 0.6) is 0 Å². The van der Waals surface area contributed by atoms with Crippen molar-refractivity contribution < 1.29 is 9.18 Å². The van der Waals surface area contributed by atoms with Gasteiger partial charge >= 0.3 is 0 Å². The van der Waals surface area contributed by atoms with Crippen LogP contribution in [0.4, 0.5) is 10.3 Å². The first kappa shape index (κ1) is 16.3. The Hall–Kier alpha value is -2.09. The number of halogens is 1. The lowest BCUT2D eigenvalue weighted by Gasteiger charge is -2.11. The Bertz CT molecular complexity index is 643. The normalized spacial score (nSPS) is 12.1. The molecule has 22 heavy (non-hydrogen) atoms. The van der Waals surface area contributed by atoms with Gasteiger partial charge in [0, 0.05) is 13.6 Å². The molecule has 0 bridgehead atoms. The molecule has 8 heteroatoms. The van der Waals surface area contributed by atoms with Gasteiger partial charge in [0.25, 0.3) is 0 Å². The number of hydrogen-bond donors (Lipinski definition) is 2. The zero-order valence-corrected chi connectivity index (χ0v) is 13.2. The van der Waals surface area contributed by atoms with Crippen molar-refractivity contribution in [1.82, 2.24) is 20.1 Å². The number of nitrogen functional groups attached to an aromatic ring is 1. The van der Waals surface area contributed by atoms with E-state index in [0.717, 1.165) is 5.56 Å². The van der Waals surface area contributed by atoms with Gasteiger partial charge in [0.05, 0.1) is 5.25 Å². The number of carbonyl (C=O) groups is 1. The number of amides is 1. The summed E-state index contributed by atoms with van der Waals surface area (Å²) in [6.45, 7) is 2.29. The van der Waals surface area contributed by atoms with E-state index >= 15 is 0 Å². The molecule has 1 heterocycles. The molecule has 0 fully saturated rings. The van der Waals surface area contributed by atoms with Gasteiger partial charge in [-0.1, -0.05) is 23.9 Å². The zero-order chi connectivity index (χ0) is 16.1. The molecule has 2 rings (SSSR count). The molecule has 1 aromatic heterocycles. The fourth-order valence-electron chi connectivity index (χ4n) is 1.77. The van der Waals surface area contributed by atoms with Gasteiger partial charge in [-0.05, 0) is 31.0 Å². The maximum atomic E-state index is 12.8. The Morgan fingerprint density at radius 2 is 2.09 bits per heavy atom. The number of thioether (sulfide) groups is 1. The molecule has 3 N–H and O–H groups in total. The van der Waals surface area contributed by atoms with E-state index in [9.17, 15) is 9.18 Å². The summed E-state index contributed by atoms with van der Waals surface area (Å²) in [4.78, 5) is 12.0. The van der Waals surface area contributed by atoms with Crippen molar-refractivity contribution in [2.75, 3.05) is 12.3 Å². The van der Waals surface area contributed by atoms with Crippen molar-refractivity contribution >= 4 is 23.6 Å². The molecule has 0 radical (unpaired) electrons. The molecular weight excluding hydrogens is 305 g/mol. The maximum Gasteiger partial charge on any atom is 0.233 e. The van der Waals surface area contributed by atoms with Crippen LogP contribution in [-0.2, 0) is 18.3 Å². The highest BCUT2D eigenvalue weighted by molar-refractivity contribution is 8.00. The molecular formula is C14H18FN5OS. The van der Waals surface area contributed by atoms with E-state index in [4.69, 9.17) is 5.73 Å². The average molecular weight is 323 g/mol. The molecule has 1 aromatic carbocycles. The van der Waals surface area contributed by atoms with Gasteiger partial charge < -0.3 is 11.1 Å². The molecule has 2 aromatic rings. The van der Waals surface area contributed by atoms with Crippen molar-refractivity contribution in [3.05, 3.63) is 35.6 Å². The minimum atomic E-state index is -0.310. The van der Waals surface area contributed by atoms with Gasteiger partial charge in [-0.15, -0.1) is 10.2 Å². The molecule has 0 saturated heterocycles. The van der Waals surface area contributed by atoms with Crippen LogP contribution >= 0.6 is 11.8 Å². The van der Waals surface area contributed by atoms with Gasteiger partial charge in [0.1, 0.15) is 5.82 Å². The highest BCUT2D eigenvalue weighted by Crippen LogP contribution is 2.21.